The molecule has 1 saturated carbocycles. The smallest absolute Gasteiger partial charge is 0.263 e. The van der Waals surface area contributed by atoms with Crippen molar-refractivity contribution in [2.75, 3.05) is 10.0 Å². The van der Waals surface area contributed by atoms with Crippen LogP contribution in [-0.4, -0.2) is 30.5 Å². The molecule has 3 atom stereocenters. The molecule has 1 aromatic heterocycles. The summed E-state index contributed by atoms with van der Waals surface area (Å²) in [6.07, 6.45) is 5.47. The maximum atomic E-state index is 15.1. The Morgan fingerprint density at radius 3 is 2.62 bits per heavy atom. The van der Waals surface area contributed by atoms with Crippen LogP contribution in [0, 0.1) is 11.7 Å². The normalized spacial score (nSPS) is 19.7. The number of anilines is 2. The number of aryl methyl sites for hydroxylation is 1. The fraction of sp³-hybridized carbons (Fsp3) is 0.310. The number of nitrogens with two attached hydrogens (primary N) is 1. The minimum absolute atomic E-state index is 0.0587. The molecule has 3 aromatic carbocycles. The summed E-state index contributed by atoms with van der Waals surface area (Å²) >= 11 is 6.03. The molecule has 1 aliphatic rings. The molecule has 0 aliphatic heterocycles. The van der Waals surface area contributed by atoms with Gasteiger partial charge in [-0.2, -0.15) is 0 Å². The molecular weight excluding hydrogens is 537 g/mol. The summed E-state index contributed by atoms with van der Waals surface area (Å²) in [6, 6.07) is 14.9. The maximum Gasteiger partial charge on any atom is 0.263 e. The second-order valence-electron chi connectivity index (χ2n) is 10.1. The number of halogens is 2. The number of aromatic nitrogens is 2. The number of sulfonamides is 1. The van der Waals surface area contributed by atoms with E-state index in [0.29, 0.717) is 23.5 Å². The molecule has 4 N–H and O–H groups in total. The van der Waals surface area contributed by atoms with Crippen molar-refractivity contribution in [3.8, 4) is 11.1 Å². The van der Waals surface area contributed by atoms with Gasteiger partial charge in [-0.3, -0.25) is 4.72 Å². The average molecular weight is 568 g/mol. The van der Waals surface area contributed by atoms with E-state index in [9.17, 15) is 8.42 Å². The number of benzene rings is 3. The van der Waals surface area contributed by atoms with E-state index < -0.39 is 15.8 Å². The molecule has 5 rings (SSSR count). The van der Waals surface area contributed by atoms with E-state index in [2.05, 4.69) is 21.9 Å². The van der Waals surface area contributed by atoms with Gasteiger partial charge in [0.1, 0.15) is 10.7 Å². The zero-order valence-corrected chi connectivity index (χ0v) is 23.4. The highest BCUT2D eigenvalue weighted by Gasteiger charge is 2.25. The predicted molar refractivity (Wildman–Crippen MR) is 155 cm³/mol. The standard InChI is InChI=1S/C29H31ClFN5O2S/c1-3-18-13-20(14-21-16-33-29(35-28(18)21)34-22-9-10-25(32)17(2)12-22)19-8-11-26(24(31)15-19)36-39(37,38)27-7-5-4-6-23(27)30/h4-8,11,13-17,22,25,36H,3,9-10,12,32H2,1-2H3,(H,33,34,35)/t17-,22-,25?/m1/s1. The van der Waals surface area contributed by atoms with Crippen molar-refractivity contribution in [1.82, 2.24) is 9.97 Å². The van der Waals surface area contributed by atoms with Gasteiger partial charge in [0.15, 0.2) is 0 Å². The zero-order chi connectivity index (χ0) is 27.7. The molecule has 1 aliphatic carbocycles. The molecule has 204 valence electrons. The SMILES string of the molecule is CCc1cc(-c2ccc(NS(=O)(=O)c3ccccc3Cl)c(F)c2)cc2cnc(N[C@@H]3CCC(N)[C@H](C)C3)nc12. The lowest BCUT2D eigenvalue weighted by molar-refractivity contribution is 0.310. The van der Waals surface area contributed by atoms with Crippen molar-refractivity contribution in [2.24, 2.45) is 11.7 Å². The largest absolute Gasteiger partial charge is 0.351 e. The van der Waals surface area contributed by atoms with Crippen molar-refractivity contribution >= 4 is 44.2 Å². The fourth-order valence-electron chi connectivity index (χ4n) is 5.10. The molecule has 1 heterocycles. The topological polar surface area (TPSA) is 110 Å². The molecular formula is C29H31ClFN5O2S. The first-order chi connectivity index (χ1) is 18.6. The molecule has 39 heavy (non-hydrogen) atoms. The van der Waals surface area contributed by atoms with Crippen LogP contribution in [0.2, 0.25) is 5.02 Å². The Labute approximate surface area is 233 Å². The van der Waals surface area contributed by atoms with Gasteiger partial charge < -0.3 is 11.1 Å². The first-order valence-corrected chi connectivity index (χ1v) is 14.9. The highest BCUT2D eigenvalue weighted by atomic mass is 35.5. The van der Waals surface area contributed by atoms with E-state index in [4.69, 9.17) is 22.3 Å². The summed E-state index contributed by atoms with van der Waals surface area (Å²) in [4.78, 5) is 9.24. The lowest BCUT2D eigenvalue weighted by atomic mass is 9.83. The molecule has 0 bridgehead atoms. The van der Waals surface area contributed by atoms with Gasteiger partial charge in [0.05, 0.1) is 16.2 Å². The summed E-state index contributed by atoms with van der Waals surface area (Å²) in [5.41, 5.74) is 9.27. The van der Waals surface area contributed by atoms with Crippen molar-refractivity contribution < 1.29 is 12.8 Å². The minimum Gasteiger partial charge on any atom is -0.351 e. The quantitative estimate of drug-likeness (QED) is 0.239. The Morgan fingerprint density at radius 1 is 1.10 bits per heavy atom. The van der Waals surface area contributed by atoms with Gasteiger partial charge in [0, 0.05) is 23.7 Å². The highest BCUT2D eigenvalue weighted by molar-refractivity contribution is 7.92. The molecule has 0 amide bonds. The molecule has 0 spiro atoms. The third-order valence-corrected chi connectivity index (χ3v) is 9.25. The van der Waals surface area contributed by atoms with Crippen molar-refractivity contribution in [1.29, 1.82) is 0 Å². The van der Waals surface area contributed by atoms with Gasteiger partial charge in [-0.25, -0.2) is 22.8 Å². The van der Waals surface area contributed by atoms with Gasteiger partial charge in [0.2, 0.25) is 5.95 Å². The zero-order valence-electron chi connectivity index (χ0n) is 21.8. The van der Waals surface area contributed by atoms with Crippen LogP contribution in [0.3, 0.4) is 0 Å². The third kappa shape index (κ3) is 5.85. The summed E-state index contributed by atoms with van der Waals surface area (Å²) in [5.74, 6) is 0.348. The van der Waals surface area contributed by atoms with Crippen molar-refractivity contribution in [2.45, 2.75) is 56.5 Å². The van der Waals surface area contributed by atoms with Crippen LogP contribution in [0.25, 0.3) is 22.0 Å². The Hall–Kier alpha value is -3.27. The van der Waals surface area contributed by atoms with E-state index in [1.54, 1.807) is 24.4 Å². The molecule has 10 heteroatoms. The number of hydrogen-bond donors (Lipinski definition) is 3. The van der Waals surface area contributed by atoms with Crippen molar-refractivity contribution in [3.63, 3.8) is 0 Å². The van der Waals surface area contributed by atoms with Gasteiger partial charge in [-0.05, 0) is 84.7 Å². The second-order valence-corrected chi connectivity index (χ2v) is 12.2. The number of fused-ring (bicyclic) bond motifs is 1. The fourth-order valence-corrected chi connectivity index (χ4v) is 6.69. The molecule has 0 radical (unpaired) electrons. The van der Waals surface area contributed by atoms with E-state index in [-0.39, 0.29) is 21.6 Å². The summed E-state index contributed by atoms with van der Waals surface area (Å²) in [6.45, 7) is 4.23. The Kier molecular flexibility index (Phi) is 7.75. The van der Waals surface area contributed by atoms with Gasteiger partial charge >= 0.3 is 0 Å². The predicted octanol–water partition coefficient (Wildman–Crippen LogP) is 6.38. The van der Waals surface area contributed by atoms with Crippen LogP contribution in [0.1, 0.15) is 38.7 Å². The summed E-state index contributed by atoms with van der Waals surface area (Å²) < 4.78 is 42.9. The third-order valence-electron chi connectivity index (χ3n) is 7.38. The number of hydrogen-bond acceptors (Lipinski definition) is 6. The molecule has 1 fully saturated rings. The van der Waals surface area contributed by atoms with Crippen LogP contribution < -0.4 is 15.8 Å². The van der Waals surface area contributed by atoms with E-state index in [1.807, 2.05) is 19.1 Å². The number of nitrogens with zero attached hydrogens (tertiary/aromatic N) is 2. The summed E-state index contributed by atoms with van der Waals surface area (Å²) in [7, 11) is -4.05. The van der Waals surface area contributed by atoms with Crippen LogP contribution in [0.15, 0.2) is 65.7 Å². The molecule has 0 saturated heterocycles. The Morgan fingerprint density at radius 2 is 1.90 bits per heavy atom. The maximum absolute atomic E-state index is 15.1. The van der Waals surface area contributed by atoms with Crippen LogP contribution in [0.4, 0.5) is 16.0 Å². The minimum atomic E-state index is -4.05. The van der Waals surface area contributed by atoms with Gasteiger partial charge in [0.25, 0.3) is 10.0 Å². The highest BCUT2D eigenvalue weighted by Crippen LogP contribution is 2.32. The number of nitrogens with one attached hydrogen (secondary N) is 2. The summed E-state index contributed by atoms with van der Waals surface area (Å²) in [5, 5.41) is 4.38. The number of rotatable bonds is 7. The lowest BCUT2D eigenvalue weighted by Gasteiger charge is -2.32. The monoisotopic (exact) mass is 567 g/mol. The van der Waals surface area contributed by atoms with Gasteiger partial charge in [-0.1, -0.05) is 43.6 Å². The molecule has 7 nitrogen and oxygen atoms in total. The lowest BCUT2D eigenvalue weighted by Crippen LogP contribution is -2.39. The van der Waals surface area contributed by atoms with Crippen molar-refractivity contribution in [3.05, 3.63) is 77.2 Å². The Balaban J connectivity index is 1.40. The first-order valence-electron chi connectivity index (χ1n) is 13.0. The molecule has 1 unspecified atom stereocenters. The van der Waals surface area contributed by atoms with Crippen LogP contribution in [0.5, 0.6) is 0 Å². The van der Waals surface area contributed by atoms with E-state index in [1.165, 1.54) is 24.3 Å². The van der Waals surface area contributed by atoms with E-state index in [0.717, 1.165) is 47.7 Å². The van der Waals surface area contributed by atoms with Crippen LogP contribution >= 0.6 is 11.6 Å². The van der Waals surface area contributed by atoms with Gasteiger partial charge in [-0.15, -0.1) is 0 Å². The average Bonchev–Trinajstić information content (AvgIpc) is 2.91. The second kappa shape index (κ2) is 11.1. The van der Waals surface area contributed by atoms with E-state index >= 15 is 4.39 Å². The first kappa shape index (κ1) is 27.3. The van der Waals surface area contributed by atoms with Crippen LogP contribution in [-0.2, 0) is 16.4 Å². The molecule has 4 aromatic rings. The Bertz CT molecular complexity index is 1630.